The molecule has 0 bridgehead atoms. The van der Waals surface area contributed by atoms with Gasteiger partial charge in [-0.2, -0.15) is 0 Å². The Hall–Kier alpha value is -1.35. The van der Waals surface area contributed by atoms with Crippen molar-refractivity contribution in [2.24, 2.45) is 0 Å². The van der Waals surface area contributed by atoms with Crippen LogP contribution in [0.5, 0.6) is 0 Å². The summed E-state index contributed by atoms with van der Waals surface area (Å²) in [5, 5.41) is 6.26. The molecule has 0 saturated heterocycles. The van der Waals surface area contributed by atoms with Crippen LogP contribution in [-0.4, -0.2) is 19.0 Å². The third kappa shape index (κ3) is 6.39. The predicted octanol–water partition coefficient (Wildman–Crippen LogP) is 3.41. The van der Waals surface area contributed by atoms with E-state index in [0.717, 1.165) is 24.3 Å². The fraction of sp³-hybridized carbons (Fsp3) is 0.562. The zero-order chi connectivity index (χ0) is 14.1. The van der Waals surface area contributed by atoms with Gasteiger partial charge in [-0.05, 0) is 38.4 Å². The molecule has 0 radical (unpaired) electrons. The molecule has 1 aromatic carbocycles. The molecule has 0 fully saturated rings. The van der Waals surface area contributed by atoms with Crippen LogP contribution < -0.4 is 10.6 Å². The van der Waals surface area contributed by atoms with Crippen molar-refractivity contribution in [3.05, 3.63) is 29.3 Å². The predicted molar refractivity (Wildman–Crippen MR) is 81.6 cm³/mol. The summed E-state index contributed by atoms with van der Waals surface area (Å²) in [5.74, 6) is 0.0787. The number of amides is 1. The Balaban J connectivity index is 2.23. The van der Waals surface area contributed by atoms with E-state index in [9.17, 15) is 4.79 Å². The van der Waals surface area contributed by atoms with E-state index in [1.165, 1.54) is 24.8 Å². The first-order chi connectivity index (χ1) is 9.13. The van der Waals surface area contributed by atoms with Crippen LogP contribution in [0.4, 0.5) is 5.69 Å². The third-order valence-corrected chi connectivity index (χ3v) is 3.14. The molecule has 3 nitrogen and oxygen atoms in total. The highest BCUT2D eigenvalue weighted by atomic mass is 16.1. The Morgan fingerprint density at radius 3 is 2.63 bits per heavy atom. The van der Waals surface area contributed by atoms with Crippen LogP contribution in [0.2, 0.25) is 0 Å². The van der Waals surface area contributed by atoms with Gasteiger partial charge in [-0.1, -0.05) is 37.5 Å². The molecule has 1 rings (SSSR count). The fourth-order valence-corrected chi connectivity index (χ4v) is 1.99. The summed E-state index contributed by atoms with van der Waals surface area (Å²) in [6.45, 7) is 8.02. The van der Waals surface area contributed by atoms with Crippen molar-refractivity contribution in [2.45, 2.75) is 46.5 Å². The lowest BCUT2D eigenvalue weighted by Gasteiger charge is -2.09. The monoisotopic (exact) mass is 262 g/mol. The molecule has 0 aromatic heterocycles. The molecule has 0 saturated carbocycles. The first-order valence-electron chi connectivity index (χ1n) is 7.21. The second kappa shape index (κ2) is 8.70. The van der Waals surface area contributed by atoms with E-state index in [4.69, 9.17) is 0 Å². The van der Waals surface area contributed by atoms with Gasteiger partial charge in [-0.3, -0.25) is 4.79 Å². The highest BCUT2D eigenvalue weighted by Crippen LogP contribution is 2.15. The minimum atomic E-state index is 0.0787. The van der Waals surface area contributed by atoms with Crippen molar-refractivity contribution in [3.8, 4) is 0 Å². The number of benzene rings is 1. The molecule has 0 unspecified atom stereocenters. The molecule has 0 aliphatic rings. The summed E-state index contributed by atoms with van der Waals surface area (Å²) in [4.78, 5) is 11.8. The van der Waals surface area contributed by atoms with Crippen LogP contribution >= 0.6 is 0 Å². The van der Waals surface area contributed by atoms with Gasteiger partial charge in [0.1, 0.15) is 0 Å². The molecule has 0 spiro atoms. The third-order valence-electron chi connectivity index (χ3n) is 3.14. The lowest BCUT2D eigenvalue weighted by atomic mass is 10.1. The molecule has 19 heavy (non-hydrogen) atoms. The SMILES string of the molecule is CCCCCNCCC(=O)Nc1ccc(C)cc1C. The second-order valence-electron chi connectivity index (χ2n) is 5.07. The van der Waals surface area contributed by atoms with Gasteiger partial charge in [-0.15, -0.1) is 0 Å². The van der Waals surface area contributed by atoms with Crippen LogP contribution in [0.15, 0.2) is 18.2 Å². The maximum atomic E-state index is 11.8. The van der Waals surface area contributed by atoms with Crippen LogP contribution in [0.1, 0.15) is 43.7 Å². The Morgan fingerprint density at radius 2 is 1.95 bits per heavy atom. The van der Waals surface area contributed by atoms with Crippen LogP contribution in [0, 0.1) is 13.8 Å². The molecule has 0 aliphatic heterocycles. The van der Waals surface area contributed by atoms with E-state index < -0.39 is 0 Å². The molecule has 106 valence electrons. The maximum Gasteiger partial charge on any atom is 0.225 e. The van der Waals surface area contributed by atoms with Gasteiger partial charge in [0.2, 0.25) is 5.91 Å². The van der Waals surface area contributed by atoms with Crippen molar-refractivity contribution in [1.82, 2.24) is 5.32 Å². The van der Waals surface area contributed by atoms with E-state index in [2.05, 4.69) is 30.5 Å². The number of carbonyl (C=O) groups excluding carboxylic acids is 1. The summed E-state index contributed by atoms with van der Waals surface area (Å²) < 4.78 is 0. The minimum absolute atomic E-state index is 0.0787. The van der Waals surface area contributed by atoms with Gasteiger partial charge >= 0.3 is 0 Å². The fourth-order valence-electron chi connectivity index (χ4n) is 1.99. The summed E-state index contributed by atoms with van der Waals surface area (Å²) in [7, 11) is 0. The van der Waals surface area contributed by atoms with Crippen molar-refractivity contribution in [3.63, 3.8) is 0 Å². The Labute approximate surface area is 116 Å². The molecule has 0 heterocycles. The van der Waals surface area contributed by atoms with Gasteiger partial charge in [0, 0.05) is 18.7 Å². The summed E-state index contributed by atoms with van der Waals surface area (Å²) in [6, 6.07) is 6.07. The molecule has 1 amide bonds. The number of aryl methyl sites for hydroxylation is 2. The average molecular weight is 262 g/mol. The zero-order valence-corrected chi connectivity index (χ0v) is 12.4. The van der Waals surface area contributed by atoms with E-state index in [1.807, 2.05) is 19.1 Å². The van der Waals surface area contributed by atoms with Gasteiger partial charge in [0.15, 0.2) is 0 Å². The average Bonchev–Trinajstić information content (AvgIpc) is 2.37. The zero-order valence-electron chi connectivity index (χ0n) is 12.4. The van der Waals surface area contributed by atoms with Crippen molar-refractivity contribution >= 4 is 11.6 Å². The summed E-state index contributed by atoms with van der Waals surface area (Å²) in [6.07, 6.45) is 4.20. The van der Waals surface area contributed by atoms with E-state index in [0.29, 0.717) is 6.42 Å². The van der Waals surface area contributed by atoms with Crippen LogP contribution in [0.25, 0.3) is 0 Å². The number of carbonyl (C=O) groups is 1. The number of anilines is 1. The molecular weight excluding hydrogens is 236 g/mol. The number of rotatable bonds is 8. The Morgan fingerprint density at radius 1 is 1.16 bits per heavy atom. The maximum absolute atomic E-state index is 11.8. The molecule has 2 N–H and O–H groups in total. The largest absolute Gasteiger partial charge is 0.326 e. The quantitative estimate of drug-likeness (QED) is 0.705. The normalized spacial score (nSPS) is 10.5. The summed E-state index contributed by atoms with van der Waals surface area (Å²) in [5.41, 5.74) is 3.25. The molecule has 1 aromatic rings. The molecule has 0 atom stereocenters. The van der Waals surface area contributed by atoms with Gasteiger partial charge in [-0.25, -0.2) is 0 Å². The number of nitrogens with one attached hydrogen (secondary N) is 2. The van der Waals surface area contributed by atoms with E-state index in [-0.39, 0.29) is 5.91 Å². The number of hydrogen-bond acceptors (Lipinski definition) is 2. The second-order valence-corrected chi connectivity index (χ2v) is 5.07. The van der Waals surface area contributed by atoms with Crippen LogP contribution in [0.3, 0.4) is 0 Å². The number of unbranched alkanes of at least 4 members (excludes halogenated alkanes) is 2. The Kier molecular flexibility index (Phi) is 7.19. The van der Waals surface area contributed by atoms with Crippen molar-refractivity contribution in [1.29, 1.82) is 0 Å². The first-order valence-corrected chi connectivity index (χ1v) is 7.21. The smallest absolute Gasteiger partial charge is 0.225 e. The topological polar surface area (TPSA) is 41.1 Å². The minimum Gasteiger partial charge on any atom is -0.326 e. The highest BCUT2D eigenvalue weighted by Gasteiger charge is 2.04. The highest BCUT2D eigenvalue weighted by molar-refractivity contribution is 5.91. The van der Waals surface area contributed by atoms with Crippen molar-refractivity contribution < 1.29 is 4.79 Å². The van der Waals surface area contributed by atoms with Gasteiger partial charge in [0.05, 0.1) is 0 Å². The van der Waals surface area contributed by atoms with Crippen molar-refractivity contribution in [2.75, 3.05) is 18.4 Å². The lowest BCUT2D eigenvalue weighted by Crippen LogP contribution is -2.22. The molecular formula is C16H26N2O. The molecule has 3 heteroatoms. The first kappa shape index (κ1) is 15.7. The number of hydrogen-bond donors (Lipinski definition) is 2. The van der Waals surface area contributed by atoms with Gasteiger partial charge < -0.3 is 10.6 Å². The molecule has 0 aliphatic carbocycles. The lowest BCUT2D eigenvalue weighted by molar-refractivity contribution is -0.116. The van der Waals surface area contributed by atoms with E-state index >= 15 is 0 Å². The van der Waals surface area contributed by atoms with Gasteiger partial charge in [0.25, 0.3) is 0 Å². The Bertz CT molecular complexity index is 402. The standard InChI is InChI=1S/C16H26N2O/c1-4-5-6-10-17-11-9-16(19)18-15-8-7-13(2)12-14(15)3/h7-8,12,17H,4-6,9-11H2,1-3H3,(H,18,19). The summed E-state index contributed by atoms with van der Waals surface area (Å²) >= 11 is 0. The van der Waals surface area contributed by atoms with E-state index in [1.54, 1.807) is 0 Å². The van der Waals surface area contributed by atoms with Crippen LogP contribution in [-0.2, 0) is 4.79 Å².